The molecule has 10 atom stereocenters. The smallest absolute Gasteiger partial charge is 0.217 e. The minimum atomic E-state index is -1.67. The van der Waals surface area contributed by atoms with Gasteiger partial charge in [0.15, 0.2) is 12.6 Å². The van der Waals surface area contributed by atoms with Crippen molar-refractivity contribution in [3.63, 3.8) is 0 Å². The van der Waals surface area contributed by atoms with E-state index in [0.29, 0.717) is 0 Å². The summed E-state index contributed by atoms with van der Waals surface area (Å²) >= 11 is 0. The minimum absolute atomic E-state index is 0.580. The van der Waals surface area contributed by atoms with Crippen LogP contribution in [0.25, 0.3) is 0 Å². The number of hydrogen-bond donors (Lipinski definition) is 8. The monoisotopic (exact) mass is 440 g/mol. The third-order valence-corrected chi connectivity index (χ3v) is 4.76. The van der Waals surface area contributed by atoms with Crippen LogP contribution in [0, 0.1) is 0 Å². The zero-order chi connectivity index (χ0) is 22.6. The van der Waals surface area contributed by atoms with Gasteiger partial charge in [-0.15, -0.1) is 0 Å². The van der Waals surface area contributed by atoms with Crippen LogP contribution < -0.4 is 10.6 Å². The molecule has 14 nitrogen and oxygen atoms in total. The third-order valence-electron chi connectivity index (χ3n) is 4.76. The van der Waals surface area contributed by atoms with Crippen molar-refractivity contribution in [3.05, 3.63) is 0 Å². The van der Waals surface area contributed by atoms with Crippen LogP contribution in [0.2, 0.25) is 0 Å². The lowest BCUT2D eigenvalue weighted by atomic mass is 9.96. The molecule has 14 heteroatoms. The second-order valence-electron chi connectivity index (χ2n) is 7.05. The van der Waals surface area contributed by atoms with Crippen LogP contribution in [0.5, 0.6) is 0 Å². The first-order valence-corrected chi connectivity index (χ1v) is 9.21. The molecule has 2 aliphatic heterocycles. The first-order chi connectivity index (χ1) is 14.1. The summed E-state index contributed by atoms with van der Waals surface area (Å²) in [6.45, 7) is 0.907. The van der Waals surface area contributed by atoms with E-state index in [4.69, 9.17) is 19.2 Å². The van der Waals surface area contributed by atoms with E-state index in [1.807, 2.05) is 0 Å². The lowest BCUT2D eigenvalue weighted by Crippen LogP contribution is -2.67. The van der Waals surface area contributed by atoms with Gasteiger partial charge in [-0.3, -0.25) is 9.59 Å². The Balaban J connectivity index is 2.18. The summed E-state index contributed by atoms with van der Waals surface area (Å²) in [5.74, 6) is -1.17. The Morgan fingerprint density at radius 2 is 1.23 bits per heavy atom. The average Bonchev–Trinajstić information content (AvgIpc) is 2.67. The fourth-order valence-corrected chi connectivity index (χ4v) is 3.31. The summed E-state index contributed by atoms with van der Waals surface area (Å²) in [6.07, 6.45) is -12.0. The molecule has 2 saturated heterocycles. The van der Waals surface area contributed by atoms with Crippen molar-refractivity contribution in [3.8, 4) is 0 Å². The minimum Gasteiger partial charge on any atom is -0.394 e. The standard InChI is InChI=1S/C16H28N2O12/c1-5(21)17-9-12(24)13(8(4-20)28-15(9)25)29-30-14-10(18-6(2)22)16(26)27-7(3-19)11(14)23/h7-16,19-20,23-26H,3-4H2,1-2H3,(H,17,21)(H,18,22)/t7-,8-,9-,10-,11-,12-,13-,14-,15+,16-/m1/s1. The average molecular weight is 440 g/mol. The van der Waals surface area contributed by atoms with E-state index < -0.39 is 86.3 Å². The number of rotatable bonds is 7. The largest absolute Gasteiger partial charge is 0.394 e. The molecule has 0 aromatic heterocycles. The molecule has 2 fully saturated rings. The maximum Gasteiger partial charge on any atom is 0.217 e. The van der Waals surface area contributed by atoms with Gasteiger partial charge in [0.25, 0.3) is 0 Å². The van der Waals surface area contributed by atoms with E-state index in [1.165, 1.54) is 0 Å². The van der Waals surface area contributed by atoms with Crippen molar-refractivity contribution in [2.75, 3.05) is 13.2 Å². The third kappa shape index (κ3) is 5.61. The summed E-state index contributed by atoms with van der Waals surface area (Å²) in [4.78, 5) is 33.1. The molecule has 2 amide bonds. The van der Waals surface area contributed by atoms with Gasteiger partial charge in [-0.05, 0) is 0 Å². The Kier molecular flexibility index (Phi) is 8.86. The predicted molar refractivity (Wildman–Crippen MR) is 92.9 cm³/mol. The zero-order valence-electron chi connectivity index (χ0n) is 16.3. The summed E-state index contributed by atoms with van der Waals surface area (Å²) in [5.41, 5.74) is 0. The number of nitrogens with one attached hydrogen (secondary N) is 2. The first-order valence-electron chi connectivity index (χ1n) is 9.21. The number of amides is 2. The van der Waals surface area contributed by atoms with Crippen LogP contribution in [0.1, 0.15) is 13.8 Å². The van der Waals surface area contributed by atoms with Crippen molar-refractivity contribution >= 4 is 11.8 Å². The van der Waals surface area contributed by atoms with Gasteiger partial charge in [0.2, 0.25) is 11.8 Å². The number of aliphatic hydroxyl groups is 6. The molecule has 2 aliphatic rings. The van der Waals surface area contributed by atoms with Crippen LogP contribution in [-0.2, 0) is 28.8 Å². The highest BCUT2D eigenvalue weighted by molar-refractivity contribution is 5.73. The van der Waals surface area contributed by atoms with E-state index >= 15 is 0 Å². The summed E-state index contributed by atoms with van der Waals surface area (Å²) < 4.78 is 10.2. The molecular weight excluding hydrogens is 412 g/mol. The molecule has 0 spiro atoms. The molecule has 0 radical (unpaired) electrons. The maximum atomic E-state index is 11.4. The van der Waals surface area contributed by atoms with Crippen LogP contribution >= 0.6 is 0 Å². The highest BCUT2D eigenvalue weighted by atomic mass is 17.2. The van der Waals surface area contributed by atoms with Gasteiger partial charge in [-0.2, -0.15) is 0 Å². The highest BCUT2D eigenvalue weighted by Crippen LogP contribution is 2.27. The summed E-state index contributed by atoms with van der Waals surface area (Å²) in [5, 5.41) is 64.3. The Bertz CT molecular complexity index is 595. The number of aliphatic hydroxyl groups excluding tert-OH is 6. The molecule has 8 N–H and O–H groups in total. The Morgan fingerprint density at radius 3 is 1.77 bits per heavy atom. The van der Waals surface area contributed by atoms with Crippen LogP contribution in [0.15, 0.2) is 0 Å². The molecule has 2 heterocycles. The van der Waals surface area contributed by atoms with Crippen LogP contribution in [0.3, 0.4) is 0 Å². The van der Waals surface area contributed by atoms with Crippen molar-refractivity contribution in [1.82, 2.24) is 10.6 Å². The molecular formula is C16H28N2O12. The second kappa shape index (κ2) is 10.7. The van der Waals surface area contributed by atoms with Crippen LogP contribution in [-0.4, -0.2) is 117 Å². The Morgan fingerprint density at radius 1 is 0.767 bits per heavy atom. The highest BCUT2D eigenvalue weighted by Gasteiger charge is 2.50. The molecule has 0 aromatic carbocycles. The van der Waals surface area contributed by atoms with Crippen molar-refractivity contribution < 1.29 is 59.5 Å². The molecule has 30 heavy (non-hydrogen) atoms. The molecule has 0 bridgehead atoms. The van der Waals surface area contributed by atoms with Gasteiger partial charge in [0.1, 0.15) is 48.7 Å². The van der Waals surface area contributed by atoms with Crippen LogP contribution in [0.4, 0.5) is 0 Å². The Hall–Kier alpha value is -1.46. The van der Waals surface area contributed by atoms with Gasteiger partial charge in [-0.25, -0.2) is 9.78 Å². The molecule has 0 aromatic rings. The van der Waals surface area contributed by atoms with Gasteiger partial charge < -0.3 is 50.7 Å². The lowest BCUT2D eigenvalue weighted by molar-refractivity contribution is -0.425. The van der Waals surface area contributed by atoms with Crippen molar-refractivity contribution in [2.24, 2.45) is 0 Å². The normalized spacial score (nSPS) is 41.9. The van der Waals surface area contributed by atoms with Crippen molar-refractivity contribution in [2.45, 2.75) is 75.1 Å². The topological polar surface area (TPSA) is 216 Å². The van der Waals surface area contributed by atoms with Gasteiger partial charge in [0, 0.05) is 13.8 Å². The summed E-state index contributed by atoms with van der Waals surface area (Å²) in [6, 6.07) is -2.63. The second-order valence-corrected chi connectivity index (χ2v) is 7.05. The number of carbonyl (C=O) groups is 2. The van der Waals surface area contributed by atoms with Gasteiger partial charge in [0.05, 0.1) is 13.2 Å². The zero-order valence-corrected chi connectivity index (χ0v) is 16.3. The molecule has 0 saturated carbocycles. The molecule has 2 rings (SSSR count). The SMILES string of the molecule is CC(=O)N[C@@H]1[C@@H](OO[C@H]2[C@H](O)[C@@H](NC(C)=O)[C@@H](O)O[C@@H]2CO)[C@H](O)[C@@H](CO)O[C@H]1O. The fourth-order valence-electron chi connectivity index (χ4n) is 3.31. The van der Waals surface area contributed by atoms with Gasteiger partial charge in [-0.1, -0.05) is 0 Å². The number of ether oxygens (including phenoxy) is 2. The van der Waals surface area contributed by atoms with E-state index in [-0.39, 0.29) is 0 Å². The number of carbonyl (C=O) groups excluding carboxylic acids is 2. The first kappa shape index (κ1) is 24.8. The fraction of sp³-hybridized carbons (Fsp3) is 0.875. The lowest BCUT2D eigenvalue weighted by Gasteiger charge is -2.44. The molecule has 174 valence electrons. The van der Waals surface area contributed by atoms with E-state index in [9.17, 15) is 40.2 Å². The van der Waals surface area contributed by atoms with Crippen molar-refractivity contribution in [1.29, 1.82) is 0 Å². The maximum absolute atomic E-state index is 11.4. The quantitative estimate of drug-likeness (QED) is 0.138. The predicted octanol–water partition coefficient (Wildman–Crippen LogP) is -5.18. The van der Waals surface area contributed by atoms with E-state index in [1.54, 1.807) is 0 Å². The molecule has 0 unspecified atom stereocenters. The van der Waals surface area contributed by atoms with Gasteiger partial charge >= 0.3 is 0 Å². The molecule has 0 aliphatic carbocycles. The summed E-state index contributed by atoms with van der Waals surface area (Å²) in [7, 11) is 0. The van der Waals surface area contributed by atoms with E-state index in [2.05, 4.69) is 10.6 Å². The number of hydrogen-bond acceptors (Lipinski definition) is 12. The Labute approximate surface area is 171 Å². The van der Waals surface area contributed by atoms with E-state index in [0.717, 1.165) is 13.8 Å².